The maximum Gasteiger partial charge on any atom is 0.220 e. The first-order chi connectivity index (χ1) is 10.2. The molecule has 0 bridgehead atoms. The molecule has 0 fully saturated rings. The van der Waals surface area contributed by atoms with Gasteiger partial charge < -0.3 is 20.7 Å². The fourth-order valence-corrected chi connectivity index (χ4v) is 1.96. The zero-order valence-corrected chi connectivity index (χ0v) is 14.4. The number of nitrogen functional groups attached to an aromatic ring is 1. The van der Waals surface area contributed by atoms with E-state index in [1.54, 1.807) is 0 Å². The van der Waals surface area contributed by atoms with E-state index in [2.05, 4.69) is 10.2 Å². The van der Waals surface area contributed by atoms with Crippen molar-refractivity contribution < 1.29 is 9.53 Å². The number of anilines is 1. The second-order valence-corrected chi connectivity index (χ2v) is 6.82. The van der Waals surface area contributed by atoms with Gasteiger partial charge in [-0.15, -0.1) is 0 Å². The molecule has 5 nitrogen and oxygen atoms in total. The van der Waals surface area contributed by atoms with E-state index in [9.17, 15) is 4.79 Å². The van der Waals surface area contributed by atoms with Crippen LogP contribution in [0.25, 0.3) is 0 Å². The minimum Gasteiger partial charge on any atom is -0.490 e. The fraction of sp³-hybridized carbons (Fsp3) is 0.588. The fourth-order valence-electron chi connectivity index (χ4n) is 1.96. The molecule has 0 heterocycles. The van der Waals surface area contributed by atoms with Crippen LogP contribution in [-0.2, 0) is 11.2 Å². The van der Waals surface area contributed by atoms with Crippen molar-refractivity contribution in [1.82, 2.24) is 10.2 Å². The Morgan fingerprint density at radius 1 is 1.32 bits per heavy atom. The van der Waals surface area contributed by atoms with Crippen molar-refractivity contribution in [2.24, 2.45) is 0 Å². The van der Waals surface area contributed by atoms with Crippen LogP contribution in [0.1, 0.15) is 32.8 Å². The van der Waals surface area contributed by atoms with Gasteiger partial charge in [0.05, 0.1) is 5.69 Å². The highest BCUT2D eigenvalue weighted by Gasteiger charge is 2.13. The molecule has 0 spiro atoms. The molecule has 124 valence electrons. The third-order valence-electron chi connectivity index (χ3n) is 3.03. The predicted molar refractivity (Wildman–Crippen MR) is 91.1 cm³/mol. The first-order valence-electron chi connectivity index (χ1n) is 7.64. The lowest BCUT2D eigenvalue weighted by atomic mass is 10.1. The number of benzene rings is 1. The molecule has 0 unspecified atom stereocenters. The summed E-state index contributed by atoms with van der Waals surface area (Å²) in [7, 11) is 4.00. The third kappa shape index (κ3) is 7.31. The Labute approximate surface area is 133 Å². The molecule has 3 N–H and O–H groups in total. The highest BCUT2D eigenvalue weighted by Crippen LogP contribution is 2.23. The number of nitrogens with zero attached hydrogens (tertiary/aromatic N) is 1. The molecule has 1 rings (SSSR count). The summed E-state index contributed by atoms with van der Waals surface area (Å²) >= 11 is 0. The van der Waals surface area contributed by atoms with Gasteiger partial charge >= 0.3 is 0 Å². The molecule has 0 aliphatic rings. The summed E-state index contributed by atoms with van der Waals surface area (Å²) in [4.78, 5) is 13.9. The Kier molecular flexibility index (Phi) is 6.68. The van der Waals surface area contributed by atoms with E-state index < -0.39 is 0 Å². The summed E-state index contributed by atoms with van der Waals surface area (Å²) in [5.41, 5.74) is 7.47. The lowest BCUT2D eigenvalue weighted by molar-refractivity contribution is -0.122. The number of carbonyl (C=O) groups is 1. The molecule has 0 aromatic heterocycles. The maximum atomic E-state index is 11.8. The van der Waals surface area contributed by atoms with Crippen LogP contribution in [0, 0.1) is 0 Å². The van der Waals surface area contributed by atoms with Crippen LogP contribution in [0.3, 0.4) is 0 Å². The average Bonchev–Trinajstić information content (AvgIpc) is 2.36. The van der Waals surface area contributed by atoms with Crippen LogP contribution in [0.4, 0.5) is 5.69 Å². The molecule has 0 aliphatic carbocycles. The standard InChI is InChI=1S/C17H29N3O2/c1-17(2,3)19-16(21)9-7-13-6-8-15(14(18)12-13)22-11-10-20(4)5/h6,8,12H,7,9-11,18H2,1-5H3,(H,19,21). The summed E-state index contributed by atoms with van der Waals surface area (Å²) in [6.45, 7) is 7.37. The van der Waals surface area contributed by atoms with E-state index >= 15 is 0 Å². The average molecular weight is 307 g/mol. The molecule has 0 saturated carbocycles. The molecular formula is C17H29N3O2. The Hall–Kier alpha value is -1.75. The van der Waals surface area contributed by atoms with E-state index in [1.807, 2.05) is 53.1 Å². The van der Waals surface area contributed by atoms with Gasteiger partial charge in [-0.25, -0.2) is 0 Å². The Balaban J connectivity index is 2.49. The number of ether oxygens (including phenoxy) is 1. The van der Waals surface area contributed by atoms with Crippen LogP contribution in [0.5, 0.6) is 5.75 Å². The number of hydrogen-bond donors (Lipinski definition) is 2. The predicted octanol–water partition coefficient (Wildman–Crippen LogP) is 2.06. The van der Waals surface area contributed by atoms with Gasteiger partial charge in [0.2, 0.25) is 5.91 Å². The highest BCUT2D eigenvalue weighted by atomic mass is 16.5. The summed E-state index contributed by atoms with van der Waals surface area (Å²) in [5, 5.41) is 2.95. The first kappa shape index (κ1) is 18.3. The molecule has 5 heteroatoms. The van der Waals surface area contributed by atoms with Gasteiger partial charge in [-0.05, 0) is 59.0 Å². The number of nitrogens with one attached hydrogen (secondary N) is 1. The smallest absolute Gasteiger partial charge is 0.220 e. The minimum absolute atomic E-state index is 0.0531. The van der Waals surface area contributed by atoms with Crippen LogP contribution >= 0.6 is 0 Å². The summed E-state index contributed by atoms with van der Waals surface area (Å²) < 4.78 is 5.65. The van der Waals surface area contributed by atoms with Gasteiger partial charge in [0.25, 0.3) is 0 Å². The Morgan fingerprint density at radius 2 is 2.00 bits per heavy atom. The number of rotatable bonds is 7. The number of aryl methyl sites for hydroxylation is 1. The van der Waals surface area contributed by atoms with Crippen molar-refractivity contribution in [3.05, 3.63) is 23.8 Å². The summed E-state index contributed by atoms with van der Waals surface area (Å²) in [6, 6.07) is 5.73. The van der Waals surface area contributed by atoms with Gasteiger partial charge in [0.1, 0.15) is 12.4 Å². The molecule has 0 saturated heterocycles. The van der Waals surface area contributed by atoms with E-state index in [1.165, 1.54) is 0 Å². The first-order valence-corrected chi connectivity index (χ1v) is 7.64. The molecule has 22 heavy (non-hydrogen) atoms. The topological polar surface area (TPSA) is 67.6 Å². The molecule has 1 aromatic rings. The lowest BCUT2D eigenvalue weighted by Gasteiger charge is -2.20. The van der Waals surface area contributed by atoms with Crippen molar-refractivity contribution in [3.8, 4) is 5.75 Å². The van der Waals surface area contributed by atoms with Crippen molar-refractivity contribution >= 4 is 11.6 Å². The van der Waals surface area contributed by atoms with Gasteiger partial charge in [-0.3, -0.25) is 4.79 Å². The number of likely N-dealkylation sites (N-methyl/N-ethyl adjacent to an activating group) is 1. The molecule has 1 aromatic carbocycles. The second-order valence-electron chi connectivity index (χ2n) is 6.82. The van der Waals surface area contributed by atoms with E-state index in [4.69, 9.17) is 10.5 Å². The van der Waals surface area contributed by atoms with Gasteiger partial charge in [-0.1, -0.05) is 6.07 Å². The van der Waals surface area contributed by atoms with Crippen molar-refractivity contribution in [3.63, 3.8) is 0 Å². The third-order valence-corrected chi connectivity index (χ3v) is 3.03. The second kappa shape index (κ2) is 8.03. The van der Waals surface area contributed by atoms with Crippen molar-refractivity contribution in [1.29, 1.82) is 0 Å². The molecule has 0 atom stereocenters. The van der Waals surface area contributed by atoms with Gasteiger partial charge in [0.15, 0.2) is 0 Å². The Bertz CT molecular complexity index is 493. The molecule has 1 amide bonds. The van der Waals surface area contributed by atoms with Crippen molar-refractivity contribution in [2.75, 3.05) is 33.0 Å². The van der Waals surface area contributed by atoms with Crippen molar-refractivity contribution in [2.45, 2.75) is 39.2 Å². The normalized spacial score (nSPS) is 11.5. The lowest BCUT2D eigenvalue weighted by Crippen LogP contribution is -2.40. The monoisotopic (exact) mass is 307 g/mol. The number of carbonyl (C=O) groups excluding carboxylic acids is 1. The van der Waals surface area contributed by atoms with Crippen LogP contribution < -0.4 is 15.8 Å². The largest absolute Gasteiger partial charge is 0.490 e. The number of nitrogens with two attached hydrogens (primary N) is 1. The number of hydrogen-bond acceptors (Lipinski definition) is 4. The zero-order chi connectivity index (χ0) is 16.8. The highest BCUT2D eigenvalue weighted by molar-refractivity contribution is 5.77. The summed E-state index contributed by atoms with van der Waals surface area (Å²) in [6.07, 6.45) is 1.13. The molecular weight excluding hydrogens is 278 g/mol. The quantitative estimate of drug-likeness (QED) is 0.757. The van der Waals surface area contributed by atoms with Gasteiger partial charge in [-0.2, -0.15) is 0 Å². The minimum atomic E-state index is -0.194. The Morgan fingerprint density at radius 3 is 2.55 bits per heavy atom. The van der Waals surface area contributed by atoms with Crippen LogP contribution in [0.2, 0.25) is 0 Å². The maximum absolute atomic E-state index is 11.8. The van der Waals surface area contributed by atoms with E-state index in [0.717, 1.165) is 12.1 Å². The van der Waals surface area contributed by atoms with Crippen LogP contribution in [-0.4, -0.2) is 43.6 Å². The SMILES string of the molecule is CN(C)CCOc1ccc(CCC(=O)NC(C)(C)C)cc1N. The summed E-state index contributed by atoms with van der Waals surface area (Å²) in [5.74, 6) is 0.752. The number of amides is 1. The molecule has 0 radical (unpaired) electrons. The van der Waals surface area contributed by atoms with E-state index in [-0.39, 0.29) is 11.4 Å². The van der Waals surface area contributed by atoms with Crippen LogP contribution in [0.15, 0.2) is 18.2 Å². The van der Waals surface area contributed by atoms with Gasteiger partial charge in [0, 0.05) is 18.5 Å². The molecule has 0 aliphatic heterocycles. The zero-order valence-electron chi connectivity index (χ0n) is 14.4. The van der Waals surface area contributed by atoms with E-state index in [0.29, 0.717) is 30.9 Å².